The van der Waals surface area contributed by atoms with Gasteiger partial charge in [0.15, 0.2) is 0 Å². The number of carbonyl (C=O) groups is 2. The van der Waals surface area contributed by atoms with E-state index < -0.39 is 18.0 Å². The van der Waals surface area contributed by atoms with Crippen molar-refractivity contribution in [3.63, 3.8) is 0 Å². The minimum Gasteiger partial charge on any atom is -0.480 e. The fraction of sp³-hybridized carbons (Fsp3) is 0.250. The van der Waals surface area contributed by atoms with E-state index in [2.05, 4.69) is 21.5 Å². The quantitative estimate of drug-likeness (QED) is 0.692. The molecule has 1 aromatic rings. The third-order valence-corrected chi connectivity index (χ3v) is 2.21. The highest BCUT2D eigenvalue weighted by Gasteiger charge is 2.18. The molecule has 1 unspecified atom stereocenters. The minimum absolute atomic E-state index is 0.0746. The maximum atomic E-state index is 11.6. The molecule has 3 N–H and O–H groups in total. The molecule has 0 aliphatic carbocycles. The summed E-state index contributed by atoms with van der Waals surface area (Å²) < 4.78 is 0. The van der Waals surface area contributed by atoms with Crippen LogP contribution in [0.15, 0.2) is 18.5 Å². The second-order valence-electron chi connectivity index (χ2n) is 3.59. The van der Waals surface area contributed by atoms with E-state index in [0.717, 1.165) is 5.56 Å². The van der Waals surface area contributed by atoms with Gasteiger partial charge in [-0.15, -0.1) is 12.3 Å². The first-order chi connectivity index (χ1) is 8.54. The monoisotopic (exact) mass is 247 g/mol. The molecule has 1 aromatic heterocycles. The maximum absolute atomic E-state index is 11.6. The number of hydrogen-bond acceptors (Lipinski definition) is 3. The Labute approximate surface area is 104 Å². The summed E-state index contributed by atoms with van der Waals surface area (Å²) in [6, 6.07) is -0.00753. The fourth-order valence-electron chi connectivity index (χ4n) is 1.23. The van der Waals surface area contributed by atoms with Crippen molar-refractivity contribution in [3.05, 3.63) is 24.0 Å². The summed E-state index contributed by atoms with van der Waals surface area (Å²) in [4.78, 5) is 26.2. The lowest BCUT2D eigenvalue weighted by atomic mass is 10.2. The third kappa shape index (κ3) is 3.79. The summed E-state index contributed by atoms with van der Waals surface area (Å²) >= 11 is 0. The zero-order chi connectivity index (χ0) is 13.5. The predicted octanol–water partition coefficient (Wildman–Crippen LogP) is 0.988. The highest BCUT2D eigenvalue weighted by Crippen LogP contribution is 2.10. The zero-order valence-electron chi connectivity index (χ0n) is 9.80. The van der Waals surface area contributed by atoms with E-state index in [1.165, 1.54) is 6.20 Å². The van der Waals surface area contributed by atoms with Crippen molar-refractivity contribution in [1.82, 2.24) is 10.3 Å². The molecule has 0 bridgehead atoms. The number of carboxylic acid groups (broad SMARTS) is 1. The van der Waals surface area contributed by atoms with Crippen LogP contribution in [0.2, 0.25) is 0 Å². The Morgan fingerprint density at radius 3 is 2.89 bits per heavy atom. The van der Waals surface area contributed by atoms with Crippen LogP contribution >= 0.6 is 0 Å². The van der Waals surface area contributed by atoms with Gasteiger partial charge in [-0.25, -0.2) is 9.59 Å². The average Bonchev–Trinajstić information content (AvgIpc) is 2.31. The van der Waals surface area contributed by atoms with Gasteiger partial charge in [0.1, 0.15) is 6.04 Å². The summed E-state index contributed by atoms with van der Waals surface area (Å²) in [6.07, 6.45) is 8.02. The highest BCUT2D eigenvalue weighted by molar-refractivity contribution is 5.92. The van der Waals surface area contributed by atoms with E-state index in [-0.39, 0.29) is 6.42 Å². The van der Waals surface area contributed by atoms with E-state index in [4.69, 9.17) is 11.5 Å². The molecule has 0 saturated heterocycles. The number of carboxylic acids is 1. The standard InChI is InChI=1S/C12H13N3O3/c1-3-4-9(11(16)17)14-12(18)15-10-7-13-6-5-8(10)2/h1,5-7,9H,4H2,2H3,(H,16,17)(H2,14,15,18). The number of rotatable bonds is 4. The molecule has 0 radical (unpaired) electrons. The Balaban J connectivity index is 2.64. The molecule has 6 heteroatoms. The lowest BCUT2D eigenvalue weighted by molar-refractivity contribution is -0.139. The van der Waals surface area contributed by atoms with Crippen molar-refractivity contribution >= 4 is 17.7 Å². The third-order valence-electron chi connectivity index (χ3n) is 2.21. The Morgan fingerprint density at radius 2 is 2.33 bits per heavy atom. The second-order valence-corrected chi connectivity index (χ2v) is 3.59. The SMILES string of the molecule is C#CCC(NC(=O)Nc1cnccc1C)C(=O)O. The van der Waals surface area contributed by atoms with Crippen LogP contribution in [-0.4, -0.2) is 28.1 Å². The first kappa shape index (κ1) is 13.5. The number of nitrogens with one attached hydrogen (secondary N) is 2. The van der Waals surface area contributed by atoms with E-state index in [9.17, 15) is 9.59 Å². The van der Waals surface area contributed by atoms with Crippen molar-refractivity contribution in [2.45, 2.75) is 19.4 Å². The predicted molar refractivity (Wildman–Crippen MR) is 66.0 cm³/mol. The van der Waals surface area contributed by atoms with Crippen LogP contribution in [0.4, 0.5) is 10.5 Å². The van der Waals surface area contributed by atoms with Crippen LogP contribution in [0.5, 0.6) is 0 Å². The molecule has 0 aliphatic rings. The van der Waals surface area contributed by atoms with Gasteiger partial charge in [0.25, 0.3) is 0 Å². The summed E-state index contributed by atoms with van der Waals surface area (Å²) in [5, 5.41) is 13.6. The van der Waals surface area contributed by atoms with Crippen molar-refractivity contribution < 1.29 is 14.7 Å². The number of terminal acetylenes is 1. The molecule has 0 spiro atoms. The largest absolute Gasteiger partial charge is 0.480 e. The molecule has 94 valence electrons. The van der Waals surface area contributed by atoms with E-state index >= 15 is 0 Å². The number of nitrogens with zero attached hydrogens (tertiary/aromatic N) is 1. The number of anilines is 1. The van der Waals surface area contributed by atoms with Crippen LogP contribution in [0, 0.1) is 19.3 Å². The van der Waals surface area contributed by atoms with Crippen molar-refractivity contribution in [2.75, 3.05) is 5.32 Å². The molecule has 6 nitrogen and oxygen atoms in total. The average molecular weight is 247 g/mol. The van der Waals surface area contributed by atoms with Gasteiger partial charge in [-0.1, -0.05) is 0 Å². The summed E-state index contributed by atoms with van der Waals surface area (Å²) in [7, 11) is 0. The second kappa shape index (κ2) is 6.25. The summed E-state index contributed by atoms with van der Waals surface area (Å²) in [5.41, 5.74) is 1.34. The molecular weight excluding hydrogens is 234 g/mol. The molecule has 1 atom stereocenters. The lowest BCUT2D eigenvalue weighted by Crippen LogP contribution is -2.42. The number of carbonyl (C=O) groups excluding carboxylic acids is 1. The molecule has 0 aromatic carbocycles. The van der Waals surface area contributed by atoms with Crippen molar-refractivity contribution in [1.29, 1.82) is 0 Å². The molecule has 1 rings (SSSR count). The Kier molecular flexibility index (Phi) is 4.69. The van der Waals surface area contributed by atoms with Gasteiger partial charge in [0, 0.05) is 12.6 Å². The van der Waals surface area contributed by atoms with Gasteiger partial charge in [0.05, 0.1) is 11.9 Å². The summed E-state index contributed by atoms with van der Waals surface area (Å²) in [5.74, 6) is 1.02. The Morgan fingerprint density at radius 1 is 1.61 bits per heavy atom. The topological polar surface area (TPSA) is 91.3 Å². The van der Waals surface area contributed by atoms with Gasteiger partial charge in [-0.05, 0) is 18.6 Å². The van der Waals surface area contributed by atoms with Crippen molar-refractivity contribution in [2.24, 2.45) is 0 Å². The Hall–Kier alpha value is -2.55. The van der Waals surface area contributed by atoms with Crippen LogP contribution < -0.4 is 10.6 Å². The molecule has 18 heavy (non-hydrogen) atoms. The lowest BCUT2D eigenvalue weighted by Gasteiger charge is -2.13. The number of pyridine rings is 1. The number of aromatic nitrogens is 1. The first-order valence-electron chi connectivity index (χ1n) is 5.19. The van der Waals surface area contributed by atoms with E-state index in [0.29, 0.717) is 5.69 Å². The number of aliphatic carboxylic acids is 1. The molecule has 2 amide bonds. The minimum atomic E-state index is -1.17. The van der Waals surface area contributed by atoms with E-state index in [1.807, 2.05) is 0 Å². The number of urea groups is 1. The van der Waals surface area contributed by atoms with Crippen LogP contribution in [-0.2, 0) is 4.79 Å². The van der Waals surface area contributed by atoms with Crippen LogP contribution in [0.25, 0.3) is 0 Å². The maximum Gasteiger partial charge on any atom is 0.327 e. The summed E-state index contributed by atoms with van der Waals surface area (Å²) in [6.45, 7) is 1.80. The number of amides is 2. The van der Waals surface area contributed by atoms with Crippen LogP contribution in [0.3, 0.4) is 0 Å². The number of hydrogen-bond donors (Lipinski definition) is 3. The molecule has 0 fully saturated rings. The number of aryl methyl sites for hydroxylation is 1. The zero-order valence-corrected chi connectivity index (χ0v) is 9.80. The van der Waals surface area contributed by atoms with Crippen molar-refractivity contribution in [3.8, 4) is 12.3 Å². The molecule has 1 heterocycles. The van der Waals surface area contributed by atoms with Gasteiger partial charge in [-0.2, -0.15) is 0 Å². The highest BCUT2D eigenvalue weighted by atomic mass is 16.4. The Bertz CT molecular complexity index is 494. The van der Waals surface area contributed by atoms with Gasteiger partial charge in [0.2, 0.25) is 0 Å². The molecule has 0 aliphatic heterocycles. The van der Waals surface area contributed by atoms with Gasteiger partial charge in [-0.3, -0.25) is 4.98 Å². The van der Waals surface area contributed by atoms with E-state index in [1.54, 1.807) is 19.2 Å². The smallest absolute Gasteiger partial charge is 0.327 e. The molecular formula is C12H13N3O3. The van der Waals surface area contributed by atoms with Gasteiger partial charge >= 0.3 is 12.0 Å². The molecule has 0 saturated carbocycles. The normalized spacial score (nSPS) is 11.1. The fourth-order valence-corrected chi connectivity index (χ4v) is 1.23. The van der Waals surface area contributed by atoms with Gasteiger partial charge < -0.3 is 15.7 Å². The van der Waals surface area contributed by atoms with Crippen LogP contribution in [0.1, 0.15) is 12.0 Å². The first-order valence-corrected chi connectivity index (χ1v) is 5.19.